The van der Waals surface area contributed by atoms with E-state index in [1.165, 1.54) is 32.1 Å². The molecular formula is C14H28NaO5S. The van der Waals surface area contributed by atoms with Crippen LogP contribution >= 0.6 is 0 Å². The van der Waals surface area contributed by atoms with E-state index >= 15 is 0 Å². The number of unbranched alkanes of at least 4 members (excludes halogenated alkanes) is 8. The number of ketones is 1. The van der Waals surface area contributed by atoms with Crippen molar-refractivity contribution in [2.24, 2.45) is 0 Å². The molecule has 1 radical (unpaired) electrons. The summed E-state index contributed by atoms with van der Waals surface area (Å²) in [6.45, 7) is 2.19. The van der Waals surface area contributed by atoms with Crippen LogP contribution < -0.4 is 0 Å². The van der Waals surface area contributed by atoms with E-state index in [1.54, 1.807) is 0 Å². The largest absolute Gasteiger partial charge is 0.384 e. The zero-order chi connectivity index (χ0) is 15.4. The second-order valence-electron chi connectivity index (χ2n) is 5.31. The molecule has 0 heterocycles. The van der Waals surface area contributed by atoms with Gasteiger partial charge in [0.05, 0.1) is 0 Å². The zero-order valence-corrected chi connectivity index (χ0v) is 16.2. The third kappa shape index (κ3) is 16.7. The second-order valence-corrected chi connectivity index (χ2v) is 6.81. The zero-order valence-electron chi connectivity index (χ0n) is 13.4. The fourth-order valence-corrected chi connectivity index (χ4v) is 2.65. The summed E-state index contributed by atoms with van der Waals surface area (Å²) in [4.78, 5) is 11.4. The van der Waals surface area contributed by atoms with Crippen LogP contribution in [0, 0.1) is 0 Å². The first-order valence-electron chi connectivity index (χ1n) is 7.52. The summed E-state index contributed by atoms with van der Waals surface area (Å²) >= 11 is 0. The number of hydrogen-bond acceptors (Lipinski definition) is 4. The predicted molar refractivity (Wildman–Crippen MR) is 85.0 cm³/mol. The van der Waals surface area contributed by atoms with Gasteiger partial charge in [-0.3, -0.25) is 9.35 Å². The molecule has 21 heavy (non-hydrogen) atoms. The third-order valence-corrected chi connectivity index (χ3v) is 4.00. The molecule has 1 atom stereocenters. The van der Waals surface area contributed by atoms with Crippen molar-refractivity contribution in [3.05, 3.63) is 0 Å². The molecule has 0 rings (SSSR count). The van der Waals surface area contributed by atoms with E-state index in [9.17, 15) is 18.3 Å². The molecule has 121 valence electrons. The summed E-state index contributed by atoms with van der Waals surface area (Å²) in [7, 11) is -4.29. The van der Waals surface area contributed by atoms with Crippen LogP contribution in [-0.4, -0.2) is 65.3 Å². The van der Waals surface area contributed by atoms with Gasteiger partial charge in [0.25, 0.3) is 10.1 Å². The normalized spacial score (nSPS) is 12.7. The van der Waals surface area contributed by atoms with E-state index in [1.807, 2.05) is 0 Å². The average Bonchev–Trinajstić information content (AvgIpc) is 2.34. The quantitative estimate of drug-likeness (QED) is 0.307. The number of carbonyl (C=O) groups excluding carboxylic acids is 1. The molecule has 0 aromatic heterocycles. The number of hydrogen-bond donors (Lipinski definition) is 2. The van der Waals surface area contributed by atoms with E-state index in [0.29, 0.717) is 6.42 Å². The van der Waals surface area contributed by atoms with Gasteiger partial charge in [0, 0.05) is 36.0 Å². The number of aliphatic hydroxyl groups excluding tert-OH is 1. The van der Waals surface area contributed by atoms with Crippen molar-refractivity contribution < 1.29 is 22.9 Å². The first-order valence-corrected chi connectivity index (χ1v) is 9.13. The van der Waals surface area contributed by atoms with Gasteiger partial charge in [-0.25, -0.2) is 0 Å². The number of rotatable bonds is 13. The van der Waals surface area contributed by atoms with Gasteiger partial charge >= 0.3 is 0 Å². The third-order valence-electron chi connectivity index (χ3n) is 3.27. The Balaban J connectivity index is 0. The Labute approximate surface area is 150 Å². The molecule has 0 amide bonds. The van der Waals surface area contributed by atoms with E-state index in [0.717, 1.165) is 19.3 Å². The molecule has 1 unspecified atom stereocenters. The molecule has 0 aliphatic heterocycles. The summed E-state index contributed by atoms with van der Waals surface area (Å²) in [6.07, 6.45) is 8.68. The monoisotopic (exact) mass is 331 g/mol. The Morgan fingerprint density at radius 3 is 1.81 bits per heavy atom. The van der Waals surface area contributed by atoms with E-state index in [4.69, 9.17) is 4.55 Å². The maximum absolute atomic E-state index is 11.4. The van der Waals surface area contributed by atoms with Crippen LogP contribution in [0.25, 0.3) is 0 Å². The van der Waals surface area contributed by atoms with Crippen LogP contribution in [0.1, 0.15) is 71.1 Å². The van der Waals surface area contributed by atoms with Gasteiger partial charge in [-0.1, -0.05) is 58.3 Å². The van der Waals surface area contributed by atoms with Crippen molar-refractivity contribution in [1.82, 2.24) is 0 Å². The van der Waals surface area contributed by atoms with E-state index < -0.39 is 27.8 Å². The number of aliphatic hydroxyl groups is 1. The molecule has 0 aliphatic carbocycles. The van der Waals surface area contributed by atoms with Gasteiger partial charge < -0.3 is 5.11 Å². The van der Waals surface area contributed by atoms with Gasteiger partial charge in [0.15, 0.2) is 5.78 Å². The maximum atomic E-state index is 11.4. The van der Waals surface area contributed by atoms with Crippen molar-refractivity contribution in [3.63, 3.8) is 0 Å². The molecular weight excluding hydrogens is 303 g/mol. The Morgan fingerprint density at radius 2 is 1.38 bits per heavy atom. The van der Waals surface area contributed by atoms with Crippen LogP contribution in [0.3, 0.4) is 0 Å². The van der Waals surface area contributed by atoms with Gasteiger partial charge in [-0.2, -0.15) is 8.42 Å². The predicted octanol–water partition coefficient (Wildman–Crippen LogP) is 2.34. The molecule has 0 aliphatic rings. The minimum atomic E-state index is -4.29. The van der Waals surface area contributed by atoms with Gasteiger partial charge in [0.1, 0.15) is 11.9 Å². The molecule has 0 saturated carbocycles. The molecule has 5 nitrogen and oxygen atoms in total. The molecule has 0 fully saturated rings. The minimum Gasteiger partial charge on any atom is -0.384 e. The van der Waals surface area contributed by atoms with E-state index in [2.05, 4.69) is 6.92 Å². The van der Waals surface area contributed by atoms with E-state index in [-0.39, 0.29) is 36.0 Å². The fourth-order valence-electron chi connectivity index (χ4n) is 2.07. The summed E-state index contributed by atoms with van der Waals surface area (Å²) in [6, 6.07) is 0. The Kier molecular flexibility index (Phi) is 16.0. The van der Waals surface area contributed by atoms with Crippen LogP contribution in [0.15, 0.2) is 0 Å². The van der Waals surface area contributed by atoms with Crippen molar-refractivity contribution in [3.8, 4) is 0 Å². The summed E-state index contributed by atoms with van der Waals surface area (Å²) in [5, 5.41) is 9.29. The summed E-state index contributed by atoms with van der Waals surface area (Å²) in [5.41, 5.74) is 0. The average molecular weight is 331 g/mol. The molecule has 0 bridgehead atoms. The fraction of sp³-hybridized carbons (Fsp3) is 0.929. The smallest absolute Gasteiger partial charge is 0.267 e. The van der Waals surface area contributed by atoms with Gasteiger partial charge in [0.2, 0.25) is 0 Å². The topological polar surface area (TPSA) is 91.7 Å². The summed E-state index contributed by atoms with van der Waals surface area (Å²) in [5.74, 6) is -1.41. The van der Waals surface area contributed by atoms with Gasteiger partial charge in [-0.05, 0) is 6.42 Å². The Bertz CT molecular complexity index is 356. The molecule has 0 aromatic rings. The van der Waals surface area contributed by atoms with Crippen molar-refractivity contribution in [2.75, 3.05) is 5.75 Å². The summed E-state index contributed by atoms with van der Waals surface area (Å²) < 4.78 is 29.6. The molecule has 2 N–H and O–H groups in total. The molecule has 7 heteroatoms. The van der Waals surface area contributed by atoms with Crippen molar-refractivity contribution in [1.29, 1.82) is 0 Å². The molecule has 0 spiro atoms. The van der Waals surface area contributed by atoms with Crippen LogP contribution in [0.2, 0.25) is 0 Å². The Hall–Kier alpha value is 0.540. The molecule has 0 saturated heterocycles. The maximum Gasteiger partial charge on any atom is 0.267 e. The van der Waals surface area contributed by atoms with Crippen molar-refractivity contribution in [2.45, 2.75) is 77.2 Å². The first kappa shape index (κ1) is 23.8. The van der Waals surface area contributed by atoms with Crippen LogP contribution in [0.5, 0.6) is 0 Å². The van der Waals surface area contributed by atoms with Crippen LogP contribution in [0.4, 0.5) is 0 Å². The molecule has 0 aromatic carbocycles. The Morgan fingerprint density at radius 1 is 0.952 bits per heavy atom. The SMILES string of the molecule is CCCCCCCCCCCC(=O)C(O)CS(=O)(=O)O.[Na]. The second kappa shape index (κ2) is 14.2. The standard InChI is InChI=1S/C14H28O5S.Na/c1-2-3-4-5-6-7-8-9-10-11-13(15)14(16)12-20(17,18)19;/h14,16H,2-12H2,1H3,(H,17,18,19);. The first-order chi connectivity index (χ1) is 9.37. The number of carbonyl (C=O) groups is 1. The van der Waals surface area contributed by atoms with Gasteiger partial charge in [-0.15, -0.1) is 0 Å². The van der Waals surface area contributed by atoms with Crippen LogP contribution in [-0.2, 0) is 14.9 Å². The number of Topliss-reactive ketones (excluding diaryl/α,β-unsaturated/α-hetero) is 1. The minimum absolute atomic E-state index is 0. The van der Waals surface area contributed by atoms with Crippen molar-refractivity contribution >= 4 is 45.5 Å².